The summed E-state index contributed by atoms with van der Waals surface area (Å²) in [5.41, 5.74) is 0. The van der Waals surface area contributed by atoms with E-state index >= 15 is 0 Å². The number of rotatable bonds is 4. The highest BCUT2D eigenvalue weighted by molar-refractivity contribution is 7.89. The third-order valence-electron chi connectivity index (χ3n) is 0.835. The van der Waals surface area contributed by atoms with E-state index in [4.69, 9.17) is 0 Å². The van der Waals surface area contributed by atoms with E-state index in [2.05, 4.69) is 4.72 Å². The molecule has 0 aliphatic rings. The van der Waals surface area contributed by atoms with Crippen LogP contribution in [0, 0.1) is 0 Å². The van der Waals surface area contributed by atoms with E-state index in [0.717, 1.165) is 0 Å². The van der Waals surface area contributed by atoms with Gasteiger partial charge in [0.05, 0.1) is 17.0 Å². The molecule has 0 spiro atoms. The van der Waals surface area contributed by atoms with Crippen LogP contribution in [0.3, 0.4) is 0 Å². The van der Waals surface area contributed by atoms with Gasteiger partial charge in [-0.1, -0.05) is 0 Å². The molecule has 0 fully saturated rings. The van der Waals surface area contributed by atoms with E-state index in [9.17, 15) is 12.6 Å². The molecule has 4 nitrogen and oxygen atoms in total. The number of sulfonamides is 1. The van der Waals surface area contributed by atoms with Crippen molar-refractivity contribution in [3.8, 4) is 0 Å². The molecule has 10 heavy (non-hydrogen) atoms. The molecule has 0 rings (SSSR count). The van der Waals surface area contributed by atoms with E-state index in [-0.39, 0.29) is 23.6 Å². The summed E-state index contributed by atoms with van der Waals surface area (Å²) in [5, 5.41) is 1.24. The van der Waals surface area contributed by atoms with Gasteiger partial charge >= 0.3 is 0 Å². The first-order valence-electron chi connectivity index (χ1n) is 2.70. The summed E-state index contributed by atoms with van der Waals surface area (Å²) in [6, 6.07) is 0. The quantitative estimate of drug-likeness (QED) is 0.565. The normalized spacial score (nSPS) is 10.9. The van der Waals surface area contributed by atoms with Gasteiger partial charge in [0.25, 0.3) is 0 Å². The van der Waals surface area contributed by atoms with Crippen LogP contribution in [-0.4, -0.2) is 30.3 Å². The zero-order valence-corrected chi connectivity index (χ0v) is 7.17. The molecule has 0 saturated heterocycles. The summed E-state index contributed by atoms with van der Waals surface area (Å²) in [5.74, 6) is 0.0460. The van der Waals surface area contributed by atoms with Gasteiger partial charge in [0.15, 0.2) is 0 Å². The maximum Gasteiger partial charge on any atom is 0.211 e. The van der Waals surface area contributed by atoms with Crippen molar-refractivity contribution in [1.82, 2.24) is 4.72 Å². The number of hydrogen-bond donors (Lipinski definition) is 1. The molecule has 0 amide bonds. The molecule has 0 saturated carbocycles. The predicted octanol–water partition coefficient (Wildman–Crippen LogP) is -1.06. The maximum absolute atomic E-state index is 10.6. The molecule has 1 N–H and O–H groups in total. The van der Waals surface area contributed by atoms with Crippen LogP contribution in [-0.2, 0) is 21.3 Å². The van der Waals surface area contributed by atoms with Crippen molar-refractivity contribution in [2.75, 3.05) is 12.3 Å². The average Bonchev–Trinajstić information content (AvgIpc) is 1.89. The topological polar surface area (TPSA) is 63.2 Å². The minimum absolute atomic E-state index is 0.0460. The Hall–Kier alpha value is -0.200. The van der Waals surface area contributed by atoms with Gasteiger partial charge in [0.2, 0.25) is 10.0 Å². The van der Waals surface area contributed by atoms with Crippen LogP contribution in [0.1, 0.15) is 6.92 Å². The number of nitrogens with one attached hydrogen (secondary N) is 1. The second-order valence-corrected chi connectivity index (χ2v) is 4.14. The smallest absolute Gasteiger partial charge is 0.211 e. The van der Waals surface area contributed by atoms with Gasteiger partial charge in [-0.25, -0.2) is 17.3 Å². The average molecular weight is 183 g/mol. The fourth-order valence-corrected chi connectivity index (χ4v) is 1.10. The minimum atomic E-state index is -3.13. The van der Waals surface area contributed by atoms with Gasteiger partial charge < -0.3 is 0 Å². The van der Waals surface area contributed by atoms with Crippen molar-refractivity contribution in [2.45, 2.75) is 6.92 Å². The molecule has 0 aliphatic heterocycles. The largest absolute Gasteiger partial charge is 0.213 e. The van der Waals surface area contributed by atoms with Crippen molar-refractivity contribution < 1.29 is 12.6 Å². The summed E-state index contributed by atoms with van der Waals surface area (Å²) in [7, 11) is -3.13. The van der Waals surface area contributed by atoms with Crippen LogP contribution in [0.15, 0.2) is 0 Å². The van der Waals surface area contributed by atoms with E-state index in [1.54, 1.807) is 0 Å². The highest BCUT2D eigenvalue weighted by Crippen LogP contribution is 1.78. The summed E-state index contributed by atoms with van der Waals surface area (Å²) >= 11 is 0.251. The maximum atomic E-state index is 10.6. The van der Waals surface area contributed by atoms with Gasteiger partial charge in [-0.05, 0) is 6.92 Å². The fourth-order valence-electron chi connectivity index (χ4n) is 0.297. The van der Waals surface area contributed by atoms with Gasteiger partial charge in [-0.2, -0.15) is 0 Å². The Morgan fingerprint density at radius 2 is 2.20 bits per heavy atom. The van der Waals surface area contributed by atoms with Gasteiger partial charge in [-0.3, -0.25) is 0 Å². The van der Waals surface area contributed by atoms with Crippen molar-refractivity contribution in [3.05, 3.63) is 0 Å². The van der Waals surface area contributed by atoms with Gasteiger partial charge in [-0.15, -0.1) is 0 Å². The zero-order chi connectivity index (χ0) is 8.04. The molecule has 0 heterocycles. The van der Waals surface area contributed by atoms with Crippen LogP contribution in [0.4, 0.5) is 0 Å². The highest BCUT2D eigenvalue weighted by atomic mass is 32.2. The van der Waals surface area contributed by atoms with E-state index in [1.807, 2.05) is 0 Å². The lowest BCUT2D eigenvalue weighted by Crippen LogP contribution is -2.26. The SMILES string of the molecule is CCS(=O)(=O)NCC=S=O. The minimum Gasteiger partial charge on any atom is -0.213 e. The van der Waals surface area contributed by atoms with Crippen LogP contribution in [0.25, 0.3) is 0 Å². The standard InChI is InChI=1S/C4H9NO3S2/c1-2-10(7,8)5-3-4-9-6/h4-5H,2-3H2,1H3. The summed E-state index contributed by atoms with van der Waals surface area (Å²) < 4.78 is 33.2. The Labute approximate surface area is 63.8 Å². The Bertz CT molecular complexity index is 227. The lowest BCUT2D eigenvalue weighted by Gasteiger charge is -1.97. The lowest BCUT2D eigenvalue weighted by atomic mass is 10.8. The first kappa shape index (κ1) is 9.80. The molecule has 0 aromatic carbocycles. The molecule has 0 atom stereocenters. The Morgan fingerprint density at radius 3 is 2.60 bits per heavy atom. The molecular formula is C4H9NO3S2. The molecule has 0 aromatic heterocycles. The second kappa shape index (κ2) is 4.59. The monoisotopic (exact) mass is 183 g/mol. The first-order chi connectivity index (χ1) is 4.62. The van der Waals surface area contributed by atoms with Crippen LogP contribution in [0.2, 0.25) is 0 Å². The van der Waals surface area contributed by atoms with Crippen molar-refractivity contribution in [1.29, 1.82) is 0 Å². The molecule has 0 bridgehead atoms. The first-order valence-corrected chi connectivity index (χ1v) is 5.15. The third-order valence-corrected chi connectivity index (χ3v) is 2.50. The Kier molecular flexibility index (Phi) is 4.50. The molecule has 0 aliphatic carbocycles. The van der Waals surface area contributed by atoms with Crippen molar-refractivity contribution in [3.63, 3.8) is 0 Å². The van der Waals surface area contributed by atoms with Gasteiger partial charge in [0.1, 0.15) is 0 Å². The zero-order valence-electron chi connectivity index (χ0n) is 5.53. The molecule has 0 radical (unpaired) electrons. The molecular weight excluding hydrogens is 174 g/mol. The van der Waals surface area contributed by atoms with E-state index < -0.39 is 10.0 Å². The number of hydrogen-bond acceptors (Lipinski definition) is 3. The van der Waals surface area contributed by atoms with Gasteiger partial charge in [0, 0.05) is 11.9 Å². The van der Waals surface area contributed by atoms with Crippen molar-refractivity contribution >= 4 is 26.6 Å². The predicted molar refractivity (Wildman–Crippen MR) is 41.7 cm³/mol. The molecule has 0 unspecified atom stereocenters. The van der Waals surface area contributed by atoms with Crippen LogP contribution < -0.4 is 4.72 Å². The van der Waals surface area contributed by atoms with E-state index in [0.29, 0.717) is 0 Å². The fraction of sp³-hybridized carbons (Fsp3) is 0.750. The highest BCUT2D eigenvalue weighted by Gasteiger charge is 2.02. The van der Waals surface area contributed by atoms with Crippen LogP contribution >= 0.6 is 0 Å². The van der Waals surface area contributed by atoms with Crippen LogP contribution in [0.5, 0.6) is 0 Å². The molecule has 60 valence electrons. The lowest BCUT2D eigenvalue weighted by molar-refractivity contribution is 0.588. The summed E-state index contributed by atoms with van der Waals surface area (Å²) in [4.78, 5) is 0. The van der Waals surface area contributed by atoms with E-state index in [1.165, 1.54) is 12.3 Å². The molecule has 0 aromatic rings. The Balaban J connectivity index is 3.80. The molecule has 6 heteroatoms. The summed E-state index contributed by atoms with van der Waals surface area (Å²) in [6.07, 6.45) is 0. The summed E-state index contributed by atoms with van der Waals surface area (Å²) in [6.45, 7) is 1.64. The third kappa shape index (κ3) is 4.66. The second-order valence-electron chi connectivity index (χ2n) is 1.51. The Morgan fingerprint density at radius 1 is 1.60 bits per heavy atom. The van der Waals surface area contributed by atoms with Crippen molar-refractivity contribution in [2.24, 2.45) is 0 Å².